The van der Waals surface area contributed by atoms with Crippen molar-refractivity contribution in [1.29, 1.82) is 0 Å². The van der Waals surface area contributed by atoms with Crippen molar-refractivity contribution in [3.8, 4) is 11.1 Å². The third kappa shape index (κ3) is 6.65. The molecule has 3 aliphatic heterocycles. The number of anilines is 4. The summed E-state index contributed by atoms with van der Waals surface area (Å²) in [5.41, 5.74) is 6.75. The fraction of sp³-hybridized carbons (Fsp3) is 0.512. The Balaban J connectivity index is 0.875. The van der Waals surface area contributed by atoms with E-state index in [1.165, 1.54) is 15.8 Å². The second kappa shape index (κ2) is 14.0. The average Bonchev–Trinajstić information content (AvgIpc) is 3.67. The number of pyridine rings is 3. The molecule has 5 aliphatic rings. The molecular weight excluding hydrogens is 723 g/mol. The minimum Gasteiger partial charge on any atom is -0.465 e. The molecule has 7 heterocycles. The number of carbonyl (C=O) groups is 2. The van der Waals surface area contributed by atoms with E-state index in [1.54, 1.807) is 35.3 Å². The van der Waals surface area contributed by atoms with Gasteiger partial charge in [0, 0.05) is 94.2 Å². The lowest BCUT2D eigenvalue weighted by Crippen LogP contribution is -2.61. The summed E-state index contributed by atoms with van der Waals surface area (Å²) in [5.74, 6) is 0.853. The largest absolute Gasteiger partial charge is 0.465 e. The minimum absolute atomic E-state index is 0.121. The number of nitrogens with one attached hydrogen (secondary N) is 1. The highest BCUT2D eigenvalue weighted by atomic mass is 16.4. The second-order valence-corrected chi connectivity index (χ2v) is 17.9. The smallest absolute Gasteiger partial charge is 0.407 e. The lowest BCUT2D eigenvalue weighted by atomic mass is 9.60. The highest BCUT2D eigenvalue weighted by Crippen LogP contribution is 2.51. The van der Waals surface area contributed by atoms with Gasteiger partial charge in [0.25, 0.3) is 11.5 Å². The Bertz CT molecular complexity index is 2280. The van der Waals surface area contributed by atoms with Crippen molar-refractivity contribution in [1.82, 2.24) is 28.9 Å². The number of piperidine rings is 1. The summed E-state index contributed by atoms with van der Waals surface area (Å²) in [5, 5.41) is 23.3. The Hall–Kier alpha value is -5.21. The first-order chi connectivity index (χ1) is 27.3. The molecule has 4 aromatic heterocycles. The van der Waals surface area contributed by atoms with E-state index in [0.717, 1.165) is 63.8 Å². The highest BCUT2D eigenvalue weighted by Gasteiger charge is 2.49. The number of aromatic nitrogens is 4. The number of hydrogen-bond acceptors (Lipinski definition) is 9. The Morgan fingerprint density at radius 2 is 1.77 bits per heavy atom. The van der Waals surface area contributed by atoms with Crippen molar-refractivity contribution in [2.24, 2.45) is 17.9 Å². The van der Waals surface area contributed by atoms with E-state index in [0.29, 0.717) is 83.4 Å². The molecule has 0 bridgehead atoms. The van der Waals surface area contributed by atoms with Gasteiger partial charge in [-0.25, -0.2) is 14.8 Å². The molecule has 2 amide bonds. The summed E-state index contributed by atoms with van der Waals surface area (Å²) in [6, 6.07) is 10.4. The Kier molecular flexibility index (Phi) is 9.19. The molecule has 1 spiro atoms. The summed E-state index contributed by atoms with van der Waals surface area (Å²) in [4.78, 5) is 56.3. The molecule has 14 nitrogen and oxygen atoms in total. The van der Waals surface area contributed by atoms with Gasteiger partial charge >= 0.3 is 6.09 Å². The summed E-state index contributed by atoms with van der Waals surface area (Å²) in [6.07, 6.45) is 10.6. The van der Waals surface area contributed by atoms with E-state index >= 15 is 0 Å². The molecule has 0 aromatic carbocycles. The van der Waals surface area contributed by atoms with Crippen LogP contribution in [-0.2, 0) is 33.0 Å². The van der Waals surface area contributed by atoms with Gasteiger partial charge in [-0.3, -0.25) is 19.4 Å². The molecule has 3 fully saturated rings. The van der Waals surface area contributed by atoms with Crippen LogP contribution in [0.4, 0.5) is 27.8 Å². The zero-order chi connectivity index (χ0) is 39.8. The van der Waals surface area contributed by atoms with Crippen LogP contribution in [0.5, 0.6) is 0 Å². The first-order valence-electron chi connectivity index (χ1n) is 20.4. The topological polar surface area (TPSA) is 152 Å². The van der Waals surface area contributed by atoms with E-state index in [4.69, 9.17) is 4.98 Å². The van der Waals surface area contributed by atoms with Gasteiger partial charge in [-0.15, -0.1) is 0 Å². The lowest BCUT2D eigenvalue weighted by molar-refractivity contribution is -0.0436. The number of hydrogen-bond donors (Lipinski definition) is 3. The van der Waals surface area contributed by atoms with Gasteiger partial charge in [0.05, 0.1) is 18.5 Å². The number of carbonyl (C=O) groups excluding carboxylic acids is 1. The minimum atomic E-state index is -0.800. The van der Waals surface area contributed by atoms with E-state index in [2.05, 4.69) is 45.4 Å². The second-order valence-electron chi connectivity index (χ2n) is 17.9. The van der Waals surface area contributed by atoms with Crippen LogP contribution in [0.25, 0.3) is 11.1 Å². The molecule has 1 atom stereocenters. The van der Waals surface area contributed by atoms with Crippen molar-refractivity contribution >= 4 is 35.0 Å². The number of rotatable bonds is 7. The van der Waals surface area contributed by atoms with Gasteiger partial charge in [0.15, 0.2) is 0 Å². The molecule has 0 unspecified atom stereocenters. The number of piperazine rings is 1. The van der Waals surface area contributed by atoms with E-state index in [-0.39, 0.29) is 23.5 Å². The number of aliphatic hydroxyl groups is 1. The van der Waals surface area contributed by atoms with E-state index in [1.807, 2.05) is 30.5 Å². The SMILES string of the molecule is C[C@H]1CN(C2CC3(CCN(C(=O)O)CC3)C2)CCN1c1ccc(Nc2cc(-c3ccnc(N4CCn5c(cc6c5CC(C)(C)C6)C4=O)c3CO)cn(C)c2=O)nc1. The van der Waals surface area contributed by atoms with Gasteiger partial charge in [0.1, 0.15) is 23.0 Å². The van der Waals surface area contributed by atoms with Crippen LogP contribution in [0.2, 0.25) is 0 Å². The monoisotopic (exact) mass is 775 g/mol. The molecule has 2 aliphatic carbocycles. The number of carboxylic acid groups (broad SMARTS) is 1. The van der Waals surface area contributed by atoms with Crippen molar-refractivity contribution in [3.63, 3.8) is 0 Å². The van der Waals surface area contributed by atoms with E-state index < -0.39 is 6.09 Å². The summed E-state index contributed by atoms with van der Waals surface area (Å²) in [7, 11) is 1.70. The van der Waals surface area contributed by atoms with Crippen LogP contribution in [0.3, 0.4) is 0 Å². The van der Waals surface area contributed by atoms with Crippen LogP contribution < -0.4 is 20.7 Å². The molecule has 3 N–H and O–H groups in total. The third-order valence-corrected chi connectivity index (χ3v) is 13.5. The van der Waals surface area contributed by atoms with Crippen molar-refractivity contribution in [2.45, 2.75) is 84.5 Å². The number of amides is 2. The lowest BCUT2D eigenvalue weighted by Gasteiger charge is -2.57. The van der Waals surface area contributed by atoms with E-state index in [9.17, 15) is 24.6 Å². The number of nitrogens with zero attached hydrogens (tertiary/aromatic N) is 8. The van der Waals surface area contributed by atoms with Crippen LogP contribution in [-0.4, -0.2) is 102 Å². The number of fused-ring (bicyclic) bond motifs is 3. The van der Waals surface area contributed by atoms with Crippen LogP contribution in [0, 0.1) is 10.8 Å². The summed E-state index contributed by atoms with van der Waals surface area (Å²) in [6.45, 7) is 11.7. The van der Waals surface area contributed by atoms with Crippen LogP contribution in [0.15, 0.2) is 53.7 Å². The van der Waals surface area contributed by atoms with Gasteiger partial charge in [-0.05, 0) is 97.7 Å². The quantitative estimate of drug-likeness (QED) is 0.231. The van der Waals surface area contributed by atoms with Crippen LogP contribution >= 0.6 is 0 Å². The predicted molar refractivity (Wildman–Crippen MR) is 218 cm³/mol. The van der Waals surface area contributed by atoms with Gasteiger partial charge in [0.2, 0.25) is 0 Å². The Labute approximate surface area is 332 Å². The number of likely N-dealkylation sites (tertiary alicyclic amines) is 1. The zero-order valence-corrected chi connectivity index (χ0v) is 33.4. The standard InChI is InChI=1S/C43H53N9O5/c1-27-24-49(31-20-43(21-31)8-11-48(12-9-43)41(56)57)13-14-50(27)30-5-6-37(45-23-30)46-34-17-29(25-47(4)39(34)54)32-7-10-44-38(33(32)26-53)52-16-15-51-35(40(52)55)18-28-19-42(2,3)22-36(28)51/h5-7,10,17-18,23,25,27,31,53H,8-9,11-16,19-22,24,26H2,1-4H3,(H,45,46)(H,56,57)/t27-/m0/s1. The molecule has 300 valence electrons. The zero-order valence-electron chi connectivity index (χ0n) is 33.4. The fourth-order valence-electron chi connectivity index (χ4n) is 10.4. The van der Waals surface area contributed by atoms with Crippen molar-refractivity contribution in [2.75, 3.05) is 54.4 Å². The number of aryl methyl sites for hydroxylation is 1. The number of aliphatic hydroxyl groups excluding tert-OH is 1. The van der Waals surface area contributed by atoms with Crippen molar-refractivity contribution in [3.05, 3.63) is 81.8 Å². The molecule has 2 saturated heterocycles. The van der Waals surface area contributed by atoms with Gasteiger partial charge in [-0.1, -0.05) is 13.8 Å². The molecular formula is C43H53N9O5. The molecule has 0 radical (unpaired) electrons. The molecule has 57 heavy (non-hydrogen) atoms. The third-order valence-electron chi connectivity index (χ3n) is 13.5. The maximum Gasteiger partial charge on any atom is 0.407 e. The Morgan fingerprint density at radius 1 is 0.982 bits per heavy atom. The maximum atomic E-state index is 13.9. The fourth-order valence-corrected chi connectivity index (χ4v) is 10.4. The average molecular weight is 776 g/mol. The summed E-state index contributed by atoms with van der Waals surface area (Å²) < 4.78 is 3.68. The molecule has 4 aromatic rings. The van der Waals surface area contributed by atoms with Gasteiger partial charge < -0.3 is 34.5 Å². The first-order valence-corrected chi connectivity index (χ1v) is 20.4. The maximum absolute atomic E-state index is 13.9. The van der Waals surface area contributed by atoms with Crippen molar-refractivity contribution < 1.29 is 19.8 Å². The molecule has 14 heteroatoms. The normalized spacial score (nSPS) is 21.7. The molecule has 1 saturated carbocycles. The molecule has 9 rings (SSSR count). The first kappa shape index (κ1) is 37.4. The van der Waals surface area contributed by atoms with Gasteiger partial charge in [-0.2, -0.15) is 0 Å². The highest BCUT2D eigenvalue weighted by molar-refractivity contribution is 6.06. The predicted octanol–water partition coefficient (Wildman–Crippen LogP) is 5.10. The summed E-state index contributed by atoms with van der Waals surface area (Å²) >= 11 is 0. The van der Waals surface area contributed by atoms with Crippen LogP contribution in [0.1, 0.15) is 73.8 Å². The Morgan fingerprint density at radius 3 is 2.47 bits per heavy atom.